The van der Waals surface area contributed by atoms with E-state index in [1.54, 1.807) is 12.1 Å². The van der Waals surface area contributed by atoms with Gasteiger partial charge in [0.1, 0.15) is 5.75 Å². The number of benzene rings is 1. The molecule has 1 rings (SSSR count). The summed E-state index contributed by atoms with van der Waals surface area (Å²) in [5.74, 6) is 0.690. The summed E-state index contributed by atoms with van der Waals surface area (Å²) in [5.41, 5.74) is 0.905. The lowest BCUT2D eigenvalue weighted by Gasteiger charge is -2.18. The van der Waals surface area contributed by atoms with Crippen LogP contribution in [0.4, 0.5) is 14.5 Å². The van der Waals surface area contributed by atoms with Crippen LogP contribution in [0.5, 0.6) is 5.75 Å². The molecule has 1 atom stereocenters. The molecular weight excluding hydrogens is 212 g/mol. The monoisotopic (exact) mass is 229 g/mol. The van der Waals surface area contributed by atoms with Crippen molar-refractivity contribution in [3.05, 3.63) is 24.3 Å². The summed E-state index contributed by atoms with van der Waals surface area (Å²) in [7, 11) is 0. The average Bonchev–Trinajstić information content (AvgIpc) is 2.20. The zero-order valence-corrected chi connectivity index (χ0v) is 9.71. The van der Waals surface area contributed by atoms with Crippen LogP contribution in [0.3, 0.4) is 0 Å². The van der Waals surface area contributed by atoms with Gasteiger partial charge in [-0.15, -0.1) is 0 Å². The maximum absolute atomic E-state index is 11.9. The number of ether oxygens (including phenoxy) is 1. The molecule has 0 aromatic heterocycles. The molecule has 0 spiro atoms. The molecule has 0 aliphatic rings. The first kappa shape index (κ1) is 12.7. The Morgan fingerprint density at radius 2 is 1.62 bits per heavy atom. The van der Waals surface area contributed by atoms with Gasteiger partial charge in [0.15, 0.2) is 0 Å². The first-order chi connectivity index (χ1) is 7.49. The van der Waals surface area contributed by atoms with Crippen LogP contribution in [0.25, 0.3) is 0 Å². The predicted octanol–water partition coefficient (Wildman–Crippen LogP) is 3.74. The van der Waals surface area contributed by atoms with E-state index in [9.17, 15) is 8.78 Å². The first-order valence-electron chi connectivity index (χ1n) is 5.30. The van der Waals surface area contributed by atoms with Crippen molar-refractivity contribution in [1.82, 2.24) is 0 Å². The molecule has 16 heavy (non-hydrogen) atoms. The Kier molecular flexibility index (Phi) is 4.52. The van der Waals surface area contributed by atoms with E-state index in [0.717, 1.165) is 5.69 Å². The van der Waals surface area contributed by atoms with Gasteiger partial charge < -0.3 is 10.1 Å². The molecule has 0 heterocycles. The lowest BCUT2D eigenvalue weighted by Crippen LogP contribution is -2.21. The van der Waals surface area contributed by atoms with Crippen LogP contribution >= 0.6 is 0 Å². The fourth-order valence-electron chi connectivity index (χ4n) is 1.16. The Hall–Kier alpha value is -1.32. The topological polar surface area (TPSA) is 21.3 Å². The van der Waals surface area contributed by atoms with Crippen LogP contribution in [0.15, 0.2) is 24.3 Å². The van der Waals surface area contributed by atoms with Crippen LogP contribution < -0.4 is 10.1 Å². The van der Waals surface area contributed by atoms with Crippen LogP contribution in [0.1, 0.15) is 20.8 Å². The predicted molar refractivity (Wildman–Crippen MR) is 61.0 cm³/mol. The van der Waals surface area contributed by atoms with E-state index in [4.69, 9.17) is 0 Å². The van der Waals surface area contributed by atoms with Crippen molar-refractivity contribution in [2.24, 2.45) is 5.92 Å². The molecule has 0 aliphatic heterocycles. The molecule has 1 aromatic carbocycles. The van der Waals surface area contributed by atoms with Crippen molar-refractivity contribution >= 4 is 5.69 Å². The van der Waals surface area contributed by atoms with Crippen molar-refractivity contribution in [3.63, 3.8) is 0 Å². The van der Waals surface area contributed by atoms with Crippen molar-refractivity contribution in [2.75, 3.05) is 5.32 Å². The number of hydrogen-bond acceptors (Lipinski definition) is 2. The van der Waals surface area contributed by atoms with E-state index in [0.29, 0.717) is 12.0 Å². The molecule has 0 fully saturated rings. The third kappa shape index (κ3) is 4.04. The average molecular weight is 229 g/mol. The summed E-state index contributed by atoms with van der Waals surface area (Å²) in [6, 6.07) is 6.86. The standard InChI is InChI=1S/C12H17F2NO/c1-8(2)9(3)15-10-4-6-11(7-5-10)16-12(13)14/h4-9,12,15H,1-3H3. The highest BCUT2D eigenvalue weighted by atomic mass is 19.3. The van der Waals surface area contributed by atoms with Gasteiger partial charge in [-0.05, 0) is 37.1 Å². The molecule has 90 valence electrons. The van der Waals surface area contributed by atoms with Crippen molar-refractivity contribution in [2.45, 2.75) is 33.4 Å². The van der Waals surface area contributed by atoms with Gasteiger partial charge in [-0.2, -0.15) is 8.78 Å². The van der Waals surface area contributed by atoms with Gasteiger partial charge in [0.2, 0.25) is 0 Å². The van der Waals surface area contributed by atoms with Gasteiger partial charge in [-0.1, -0.05) is 13.8 Å². The van der Waals surface area contributed by atoms with Crippen LogP contribution in [-0.2, 0) is 0 Å². The first-order valence-corrected chi connectivity index (χ1v) is 5.30. The van der Waals surface area contributed by atoms with E-state index < -0.39 is 6.61 Å². The van der Waals surface area contributed by atoms with E-state index in [1.165, 1.54) is 12.1 Å². The second kappa shape index (κ2) is 5.68. The van der Waals surface area contributed by atoms with Crippen molar-refractivity contribution < 1.29 is 13.5 Å². The normalized spacial score (nSPS) is 12.9. The van der Waals surface area contributed by atoms with E-state index >= 15 is 0 Å². The van der Waals surface area contributed by atoms with Crippen molar-refractivity contribution in [1.29, 1.82) is 0 Å². The van der Waals surface area contributed by atoms with Gasteiger partial charge in [0.05, 0.1) is 0 Å². The molecule has 4 heteroatoms. The van der Waals surface area contributed by atoms with Gasteiger partial charge in [-0.25, -0.2) is 0 Å². The quantitative estimate of drug-likeness (QED) is 0.830. The Morgan fingerprint density at radius 3 is 2.06 bits per heavy atom. The zero-order chi connectivity index (χ0) is 12.1. The summed E-state index contributed by atoms with van der Waals surface area (Å²) >= 11 is 0. The van der Waals surface area contributed by atoms with Gasteiger partial charge in [0, 0.05) is 11.7 Å². The molecule has 1 N–H and O–H groups in total. The van der Waals surface area contributed by atoms with Crippen LogP contribution in [-0.4, -0.2) is 12.7 Å². The zero-order valence-electron chi connectivity index (χ0n) is 9.71. The summed E-state index contributed by atoms with van der Waals surface area (Å²) < 4.78 is 28.1. The summed E-state index contributed by atoms with van der Waals surface area (Å²) in [6.45, 7) is 3.54. The molecule has 1 aromatic rings. The number of alkyl halides is 2. The maximum atomic E-state index is 11.9. The maximum Gasteiger partial charge on any atom is 0.387 e. The third-order valence-corrected chi connectivity index (χ3v) is 2.47. The van der Waals surface area contributed by atoms with Gasteiger partial charge >= 0.3 is 6.61 Å². The number of rotatable bonds is 5. The second-order valence-corrected chi connectivity index (χ2v) is 4.08. The highest BCUT2D eigenvalue weighted by Crippen LogP contribution is 2.19. The summed E-state index contributed by atoms with van der Waals surface area (Å²) in [6.07, 6.45) is 0. The number of anilines is 1. The minimum atomic E-state index is -2.77. The fraction of sp³-hybridized carbons (Fsp3) is 0.500. The Bertz CT molecular complexity index is 311. The molecule has 0 bridgehead atoms. The van der Waals surface area contributed by atoms with Crippen LogP contribution in [0, 0.1) is 5.92 Å². The Balaban J connectivity index is 2.57. The third-order valence-electron chi connectivity index (χ3n) is 2.47. The summed E-state index contributed by atoms with van der Waals surface area (Å²) in [4.78, 5) is 0. The van der Waals surface area contributed by atoms with Gasteiger partial charge in [0.25, 0.3) is 0 Å². The Morgan fingerprint density at radius 1 is 1.06 bits per heavy atom. The van der Waals surface area contributed by atoms with Gasteiger partial charge in [-0.3, -0.25) is 0 Å². The van der Waals surface area contributed by atoms with E-state index in [2.05, 4.69) is 30.8 Å². The Labute approximate surface area is 94.6 Å². The fourth-order valence-corrected chi connectivity index (χ4v) is 1.16. The molecule has 0 aliphatic carbocycles. The smallest absolute Gasteiger partial charge is 0.387 e. The highest BCUT2D eigenvalue weighted by Gasteiger charge is 2.07. The largest absolute Gasteiger partial charge is 0.435 e. The van der Waals surface area contributed by atoms with E-state index in [1.807, 2.05) is 0 Å². The van der Waals surface area contributed by atoms with Crippen LogP contribution in [0.2, 0.25) is 0 Å². The number of hydrogen-bond donors (Lipinski definition) is 1. The van der Waals surface area contributed by atoms with Crippen molar-refractivity contribution in [3.8, 4) is 5.75 Å². The minimum Gasteiger partial charge on any atom is -0.435 e. The SMILES string of the molecule is CC(C)C(C)Nc1ccc(OC(F)F)cc1. The second-order valence-electron chi connectivity index (χ2n) is 4.08. The molecule has 0 saturated carbocycles. The number of nitrogens with one attached hydrogen (secondary N) is 1. The molecule has 0 saturated heterocycles. The number of halogens is 2. The highest BCUT2D eigenvalue weighted by molar-refractivity contribution is 5.47. The lowest BCUT2D eigenvalue weighted by molar-refractivity contribution is -0.0498. The lowest BCUT2D eigenvalue weighted by atomic mass is 10.1. The molecule has 1 unspecified atom stereocenters. The molecular formula is C12H17F2NO. The van der Waals surface area contributed by atoms with E-state index in [-0.39, 0.29) is 5.75 Å². The minimum absolute atomic E-state index is 0.178. The molecule has 2 nitrogen and oxygen atoms in total. The summed E-state index contributed by atoms with van der Waals surface area (Å²) in [5, 5.41) is 3.28. The molecule has 0 amide bonds. The molecule has 0 radical (unpaired) electrons.